The molecule has 0 heterocycles. The first kappa shape index (κ1) is 12.6. The third kappa shape index (κ3) is 2.53. The van der Waals surface area contributed by atoms with Gasteiger partial charge in [0.25, 0.3) is 0 Å². The Bertz CT molecular complexity index is 227. The Kier molecular flexibility index (Phi) is 3.80. The first-order valence-corrected chi connectivity index (χ1v) is 10.4. The van der Waals surface area contributed by atoms with Gasteiger partial charge in [-0.15, -0.1) is 0 Å². The maximum Gasteiger partial charge on any atom is 0.187 e. The molecule has 2 heteroatoms. The van der Waals surface area contributed by atoms with Crippen molar-refractivity contribution in [1.82, 2.24) is 0 Å². The topological polar surface area (TPSA) is 9.23 Å². The minimum absolute atomic E-state index is 0.351. The molecule has 0 N–H and O–H groups in total. The zero-order chi connectivity index (χ0) is 11.6. The molecule has 0 aliphatic heterocycles. The summed E-state index contributed by atoms with van der Waals surface area (Å²) in [5, 5.41) is 0. The van der Waals surface area contributed by atoms with E-state index in [9.17, 15) is 0 Å². The van der Waals surface area contributed by atoms with E-state index in [2.05, 4.69) is 20.0 Å². The Morgan fingerprint density at radius 1 is 1.19 bits per heavy atom. The van der Waals surface area contributed by atoms with E-state index in [-0.39, 0.29) is 0 Å². The number of hydrogen-bond donors (Lipinski definition) is 0. The fourth-order valence-corrected chi connectivity index (χ4v) is 6.67. The number of fused-ring (bicyclic) bond motifs is 1. The second kappa shape index (κ2) is 4.81. The van der Waals surface area contributed by atoms with Gasteiger partial charge in [-0.25, -0.2) is 0 Å². The largest absolute Gasteiger partial charge is 0.412 e. The average molecular weight is 240 g/mol. The molecule has 1 nitrogen and oxygen atoms in total. The van der Waals surface area contributed by atoms with Crippen LogP contribution in [-0.2, 0) is 4.43 Å². The van der Waals surface area contributed by atoms with Gasteiger partial charge in [-0.05, 0) is 50.7 Å². The van der Waals surface area contributed by atoms with Crippen LogP contribution in [0.1, 0.15) is 58.3 Å². The number of rotatable bonds is 5. The van der Waals surface area contributed by atoms with E-state index in [1.165, 1.54) is 57.4 Å². The molecular formula is C14H28OSi. The highest BCUT2D eigenvalue weighted by atomic mass is 28.4. The van der Waals surface area contributed by atoms with Crippen molar-refractivity contribution in [2.45, 2.75) is 83.0 Å². The fraction of sp³-hybridized carbons (Fsp3) is 1.00. The third-order valence-electron chi connectivity index (χ3n) is 4.66. The SMILES string of the molecule is CCCC[Si](C)(C)O[C@]12CCC[C@H]1CCC2. The average Bonchev–Trinajstić information content (AvgIpc) is 2.72. The lowest BCUT2D eigenvalue weighted by atomic mass is 9.95. The summed E-state index contributed by atoms with van der Waals surface area (Å²) in [6, 6.07) is 1.36. The highest BCUT2D eigenvalue weighted by Crippen LogP contribution is 2.51. The molecule has 0 aromatic rings. The summed E-state index contributed by atoms with van der Waals surface area (Å²) in [4.78, 5) is 0. The van der Waals surface area contributed by atoms with Crippen LogP contribution in [0.15, 0.2) is 0 Å². The van der Waals surface area contributed by atoms with Crippen molar-refractivity contribution in [1.29, 1.82) is 0 Å². The summed E-state index contributed by atoms with van der Waals surface area (Å²) in [6.07, 6.45) is 11.1. The maximum absolute atomic E-state index is 6.75. The standard InChI is InChI=1S/C14H28OSi/c1-4-5-12-16(2,3)15-14-10-6-8-13(14)9-7-11-14/h13H,4-12H2,1-3H3/t13-,14-. The van der Waals surface area contributed by atoms with E-state index in [4.69, 9.17) is 4.43 Å². The van der Waals surface area contributed by atoms with Crippen LogP contribution < -0.4 is 0 Å². The Labute approximate surface area is 102 Å². The summed E-state index contributed by atoms with van der Waals surface area (Å²) in [6.45, 7) is 7.16. The van der Waals surface area contributed by atoms with Crippen LogP contribution in [0.5, 0.6) is 0 Å². The molecule has 0 spiro atoms. The van der Waals surface area contributed by atoms with Gasteiger partial charge in [-0.1, -0.05) is 32.6 Å². The van der Waals surface area contributed by atoms with Gasteiger partial charge in [0, 0.05) is 0 Å². The lowest BCUT2D eigenvalue weighted by molar-refractivity contribution is 0.0413. The van der Waals surface area contributed by atoms with E-state index in [0.717, 1.165) is 5.92 Å². The molecule has 0 radical (unpaired) electrons. The van der Waals surface area contributed by atoms with E-state index in [1.807, 2.05) is 0 Å². The first-order valence-electron chi connectivity index (χ1n) is 7.28. The summed E-state index contributed by atoms with van der Waals surface area (Å²) in [5.74, 6) is 0.918. The van der Waals surface area contributed by atoms with Crippen molar-refractivity contribution in [2.75, 3.05) is 0 Å². The van der Waals surface area contributed by atoms with Crippen LogP contribution in [0.25, 0.3) is 0 Å². The molecule has 0 unspecified atom stereocenters. The van der Waals surface area contributed by atoms with Gasteiger partial charge < -0.3 is 4.43 Å². The normalized spacial score (nSPS) is 34.3. The summed E-state index contributed by atoms with van der Waals surface area (Å²) >= 11 is 0. The quantitative estimate of drug-likeness (QED) is 0.631. The van der Waals surface area contributed by atoms with Crippen LogP contribution in [0, 0.1) is 5.92 Å². The van der Waals surface area contributed by atoms with Crippen LogP contribution in [0.4, 0.5) is 0 Å². The van der Waals surface area contributed by atoms with Gasteiger partial charge in [0.1, 0.15) is 0 Å². The predicted molar refractivity (Wildman–Crippen MR) is 72.2 cm³/mol. The molecule has 94 valence electrons. The van der Waals surface area contributed by atoms with Crippen molar-refractivity contribution < 1.29 is 4.43 Å². The van der Waals surface area contributed by atoms with Gasteiger partial charge >= 0.3 is 0 Å². The smallest absolute Gasteiger partial charge is 0.187 e. The van der Waals surface area contributed by atoms with Gasteiger partial charge in [0.2, 0.25) is 0 Å². The minimum atomic E-state index is -1.38. The monoisotopic (exact) mass is 240 g/mol. The Balaban J connectivity index is 1.96. The molecule has 0 atom stereocenters. The molecule has 0 bridgehead atoms. The van der Waals surface area contributed by atoms with Gasteiger partial charge in [0.05, 0.1) is 5.60 Å². The molecule has 2 saturated carbocycles. The molecule has 2 fully saturated rings. The number of unbranched alkanes of at least 4 members (excludes halogenated alkanes) is 1. The second-order valence-electron chi connectivity index (χ2n) is 6.51. The zero-order valence-corrected chi connectivity index (χ0v) is 12.3. The molecule has 2 aliphatic carbocycles. The number of hydrogen-bond acceptors (Lipinski definition) is 1. The molecule has 16 heavy (non-hydrogen) atoms. The highest BCUT2D eigenvalue weighted by Gasteiger charge is 2.49. The lowest BCUT2D eigenvalue weighted by Gasteiger charge is -2.38. The van der Waals surface area contributed by atoms with Gasteiger partial charge in [0.15, 0.2) is 8.32 Å². The Hall–Kier alpha value is 0.177. The van der Waals surface area contributed by atoms with Crippen molar-refractivity contribution >= 4 is 8.32 Å². The summed E-state index contributed by atoms with van der Waals surface area (Å²) < 4.78 is 6.75. The minimum Gasteiger partial charge on any atom is -0.412 e. The fourth-order valence-electron chi connectivity index (χ4n) is 3.89. The third-order valence-corrected chi connectivity index (χ3v) is 7.18. The molecule has 0 amide bonds. The molecule has 2 rings (SSSR count). The lowest BCUT2D eigenvalue weighted by Crippen LogP contribution is -2.44. The van der Waals surface area contributed by atoms with Crippen molar-refractivity contribution in [3.63, 3.8) is 0 Å². The van der Waals surface area contributed by atoms with Crippen LogP contribution >= 0.6 is 0 Å². The summed E-state index contributed by atoms with van der Waals surface area (Å²) in [5.41, 5.74) is 0.351. The van der Waals surface area contributed by atoms with Gasteiger partial charge in [-0.3, -0.25) is 0 Å². The second-order valence-corrected chi connectivity index (χ2v) is 10.7. The molecule has 2 aliphatic rings. The summed E-state index contributed by atoms with van der Waals surface area (Å²) in [7, 11) is -1.38. The molecule has 0 aromatic heterocycles. The molecular weight excluding hydrogens is 212 g/mol. The Morgan fingerprint density at radius 2 is 1.81 bits per heavy atom. The van der Waals surface area contributed by atoms with E-state index in [1.54, 1.807) is 0 Å². The predicted octanol–water partition coefficient (Wildman–Crippen LogP) is 4.73. The van der Waals surface area contributed by atoms with E-state index in [0.29, 0.717) is 5.60 Å². The molecule has 0 aromatic carbocycles. The van der Waals surface area contributed by atoms with Crippen LogP contribution in [0.3, 0.4) is 0 Å². The molecule has 0 saturated heterocycles. The maximum atomic E-state index is 6.75. The first-order chi connectivity index (χ1) is 7.58. The van der Waals surface area contributed by atoms with Crippen LogP contribution in [0.2, 0.25) is 19.1 Å². The highest BCUT2D eigenvalue weighted by molar-refractivity contribution is 6.71. The zero-order valence-electron chi connectivity index (χ0n) is 11.3. The van der Waals surface area contributed by atoms with E-state index < -0.39 is 8.32 Å². The van der Waals surface area contributed by atoms with Crippen LogP contribution in [-0.4, -0.2) is 13.9 Å². The van der Waals surface area contributed by atoms with Crippen molar-refractivity contribution in [2.24, 2.45) is 5.92 Å². The van der Waals surface area contributed by atoms with Crippen molar-refractivity contribution in [3.05, 3.63) is 0 Å². The van der Waals surface area contributed by atoms with Crippen molar-refractivity contribution in [3.8, 4) is 0 Å². The van der Waals surface area contributed by atoms with E-state index >= 15 is 0 Å². The Morgan fingerprint density at radius 3 is 2.38 bits per heavy atom. The van der Waals surface area contributed by atoms with Gasteiger partial charge in [-0.2, -0.15) is 0 Å².